The van der Waals surface area contributed by atoms with Gasteiger partial charge in [0.1, 0.15) is 6.04 Å². The van der Waals surface area contributed by atoms with Gasteiger partial charge in [0.25, 0.3) is 0 Å². The third-order valence-corrected chi connectivity index (χ3v) is 4.93. The summed E-state index contributed by atoms with van der Waals surface area (Å²) >= 11 is 0. The van der Waals surface area contributed by atoms with Gasteiger partial charge in [0.05, 0.1) is 0 Å². The third kappa shape index (κ3) is 2.96. The summed E-state index contributed by atoms with van der Waals surface area (Å²) in [5.74, 6) is -0.258. The van der Waals surface area contributed by atoms with Gasteiger partial charge in [-0.3, -0.25) is 9.59 Å². The fraction of sp³-hybridized carbons (Fsp3) is 0.238. The highest BCUT2D eigenvalue weighted by molar-refractivity contribution is 6.01. The Balaban J connectivity index is 1.63. The summed E-state index contributed by atoms with van der Waals surface area (Å²) in [6.45, 7) is 2.11. The molecule has 2 heterocycles. The SMILES string of the molecule is CC(=O)NC(Cc1c[nH]c2ccccc12)C(=O)N1CCc2ccccc21. The molecule has 1 aromatic heterocycles. The molecule has 2 amide bonds. The molecule has 0 aliphatic carbocycles. The van der Waals surface area contributed by atoms with Crippen LogP contribution >= 0.6 is 0 Å². The van der Waals surface area contributed by atoms with Gasteiger partial charge in [-0.15, -0.1) is 0 Å². The number of aromatic nitrogens is 1. The Morgan fingerprint density at radius 3 is 2.77 bits per heavy atom. The summed E-state index contributed by atoms with van der Waals surface area (Å²) in [6.07, 6.45) is 3.23. The van der Waals surface area contributed by atoms with E-state index in [1.807, 2.05) is 48.7 Å². The lowest BCUT2D eigenvalue weighted by Gasteiger charge is -2.24. The van der Waals surface area contributed by atoms with E-state index in [2.05, 4.69) is 16.4 Å². The Hall–Kier alpha value is -3.08. The Morgan fingerprint density at radius 1 is 1.15 bits per heavy atom. The van der Waals surface area contributed by atoms with Gasteiger partial charge in [-0.2, -0.15) is 0 Å². The molecule has 1 aliphatic rings. The van der Waals surface area contributed by atoms with Crippen LogP contribution in [0.4, 0.5) is 5.69 Å². The minimum atomic E-state index is -0.585. The molecular weight excluding hydrogens is 326 g/mol. The summed E-state index contributed by atoms with van der Waals surface area (Å²) in [4.78, 5) is 30.0. The van der Waals surface area contributed by atoms with Gasteiger partial charge in [-0.25, -0.2) is 0 Å². The molecule has 0 fully saturated rings. The van der Waals surface area contributed by atoms with E-state index in [1.54, 1.807) is 4.90 Å². The van der Waals surface area contributed by atoms with E-state index in [0.29, 0.717) is 13.0 Å². The summed E-state index contributed by atoms with van der Waals surface area (Å²) in [6, 6.07) is 15.4. The average Bonchev–Trinajstić information content (AvgIpc) is 3.25. The smallest absolute Gasteiger partial charge is 0.249 e. The third-order valence-electron chi connectivity index (χ3n) is 4.93. The highest BCUT2D eigenvalue weighted by atomic mass is 16.2. The number of hydrogen-bond acceptors (Lipinski definition) is 2. The number of benzene rings is 2. The lowest BCUT2D eigenvalue weighted by atomic mass is 10.0. The van der Waals surface area contributed by atoms with Crippen LogP contribution in [0.1, 0.15) is 18.1 Å². The number of hydrogen-bond donors (Lipinski definition) is 2. The second-order valence-corrected chi connectivity index (χ2v) is 6.69. The first kappa shape index (κ1) is 16.4. The van der Waals surface area contributed by atoms with E-state index in [-0.39, 0.29) is 11.8 Å². The molecule has 0 saturated heterocycles. The van der Waals surface area contributed by atoms with Crippen molar-refractivity contribution in [3.63, 3.8) is 0 Å². The minimum absolute atomic E-state index is 0.0598. The van der Waals surface area contributed by atoms with Crippen molar-refractivity contribution in [2.45, 2.75) is 25.8 Å². The normalized spacial score (nSPS) is 14.3. The number of nitrogens with one attached hydrogen (secondary N) is 2. The van der Waals surface area contributed by atoms with E-state index < -0.39 is 6.04 Å². The van der Waals surface area contributed by atoms with Crippen molar-refractivity contribution in [1.82, 2.24) is 10.3 Å². The molecule has 3 aromatic rings. The summed E-state index contributed by atoms with van der Waals surface area (Å²) in [5.41, 5.74) is 4.18. The number of nitrogens with zero attached hydrogens (tertiary/aromatic N) is 1. The molecule has 2 aromatic carbocycles. The zero-order valence-corrected chi connectivity index (χ0v) is 14.7. The van der Waals surface area contributed by atoms with Gasteiger partial charge in [0.2, 0.25) is 11.8 Å². The van der Waals surface area contributed by atoms with Crippen LogP contribution in [0.3, 0.4) is 0 Å². The van der Waals surface area contributed by atoms with Crippen molar-refractivity contribution < 1.29 is 9.59 Å². The molecule has 1 aliphatic heterocycles. The van der Waals surface area contributed by atoms with Gasteiger partial charge in [0, 0.05) is 42.7 Å². The lowest BCUT2D eigenvalue weighted by Crippen LogP contribution is -2.49. The van der Waals surface area contributed by atoms with Crippen molar-refractivity contribution in [2.24, 2.45) is 0 Å². The Morgan fingerprint density at radius 2 is 1.92 bits per heavy atom. The van der Waals surface area contributed by atoms with Gasteiger partial charge < -0.3 is 15.2 Å². The van der Waals surface area contributed by atoms with Crippen LogP contribution in [-0.2, 0) is 22.4 Å². The number of para-hydroxylation sites is 2. The van der Waals surface area contributed by atoms with Crippen LogP contribution in [0.5, 0.6) is 0 Å². The number of amides is 2. The summed E-state index contributed by atoms with van der Waals surface area (Å²) in [5, 5.41) is 3.93. The zero-order chi connectivity index (χ0) is 18.1. The maximum absolute atomic E-state index is 13.2. The predicted molar refractivity (Wildman–Crippen MR) is 102 cm³/mol. The van der Waals surface area contributed by atoms with Crippen LogP contribution in [0.25, 0.3) is 10.9 Å². The van der Waals surface area contributed by atoms with E-state index in [1.165, 1.54) is 12.5 Å². The molecule has 5 heteroatoms. The maximum Gasteiger partial charge on any atom is 0.249 e. The average molecular weight is 347 g/mol. The van der Waals surface area contributed by atoms with Gasteiger partial charge in [-0.1, -0.05) is 36.4 Å². The first-order valence-corrected chi connectivity index (χ1v) is 8.85. The number of H-pyrrole nitrogens is 1. The molecule has 26 heavy (non-hydrogen) atoms. The molecule has 1 atom stereocenters. The van der Waals surface area contributed by atoms with Crippen LogP contribution in [0.15, 0.2) is 54.7 Å². The summed E-state index contributed by atoms with van der Waals surface area (Å²) in [7, 11) is 0. The molecule has 5 nitrogen and oxygen atoms in total. The lowest BCUT2D eigenvalue weighted by molar-refractivity contribution is -0.126. The van der Waals surface area contributed by atoms with Crippen molar-refractivity contribution >= 4 is 28.4 Å². The van der Waals surface area contributed by atoms with Crippen LogP contribution in [-0.4, -0.2) is 29.4 Å². The minimum Gasteiger partial charge on any atom is -0.361 e. The molecule has 1 unspecified atom stereocenters. The monoisotopic (exact) mass is 347 g/mol. The van der Waals surface area contributed by atoms with E-state index in [4.69, 9.17) is 0 Å². The number of aromatic amines is 1. The van der Waals surface area contributed by atoms with Crippen molar-refractivity contribution in [1.29, 1.82) is 0 Å². The first-order chi connectivity index (χ1) is 12.6. The van der Waals surface area contributed by atoms with Crippen molar-refractivity contribution in [2.75, 3.05) is 11.4 Å². The Labute approximate surface area is 152 Å². The second-order valence-electron chi connectivity index (χ2n) is 6.69. The topological polar surface area (TPSA) is 65.2 Å². The van der Waals surface area contributed by atoms with Crippen LogP contribution in [0.2, 0.25) is 0 Å². The second kappa shape index (κ2) is 6.67. The number of carbonyl (C=O) groups is 2. The van der Waals surface area contributed by atoms with Crippen LogP contribution in [0, 0.1) is 0 Å². The Kier molecular flexibility index (Phi) is 4.21. The fourth-order valence-electron chi connectivity index (χ4n) is 3.72. The number of anilines is 1. The fourth-order valence-corrected chi connectivity index (χ4v) is 3.72. The van der Waals surface area contributed by atoms with Gasteiger partial charge in [0.15, 0.2) is 0 Å². The molecule has 4 rings (SSSR count). The standard InChI is InChI=1S/C21H21N3O2/c1-14(25)23-19(12-16-13-22-18-8-4-3-7-17(16)18)21(26)24-11-10-15-6-2-5-9-20(15)24/h2-9,13,19,22H,10-12H2,1H3,(H,23,25). The van der Waals surface area contributed by atoms with E-state index >= 15 is 0 Å². The number of carbonyl (C=O) groups excluding carboxylic acids is 2. The molecule has 0 radical (unpaired) electrons. The quantitative estimate of drug-likeness (QED) is 0.762. The Bertz CT molecular complexity index is 976. The molecular formula is C21H21N3O2. The number of rotatable bonds is 4. The van der Waals surface area contributed by atoms with E-state index in [9.17, 15) is 9.59 Å². The molecule has 0 bridgehead atoms. The summed E-state index contributed by atoms with van der Waals surface area (Å²) < 4.78 is 0. The maximum atomic E-state index is 13.2. The zero-order valence-electron chi connectivity index (χ0n) is 14.7. The van der Waals surface area contributed by atoms with Gasteiger partial charge >= 0.3 is 0 Å². The predicted octanol–water partition coefficient (Wildman–Crippen LogP) is 2.80. The highest BCUT2D eigenvalue weighted by Gasteiger charge is 2.31. The molecule has 0 spiro atoms. The van der Waals surface area contributed by atoms with Crippen LogP contribution < -0.4 is 10.2 Å². The highest BCUT2D eigenvalue weighted by Crippen LogP contribution is 2.28. The largest absolute Gasteiger partial charge is 0.361 e. The van der Waals surface area contributed by atoms with Gasteiger partial charge in [-0.05, 0) is 29.7 Å². The molecule has 0 saturated carbocycles. The first-order valence-electron chi connectivity index (χ1n) is 8.85. The van der Waals surface area contributed by atoms with E-state index in [0.717, 1.165) is 28.6 Å². The molecule has 132 valence electrons. The van der Waals surface area contributed by atoms with Crippen molar-refractivity contribution in [3.05, 3.63) is 65.9 Å². The van der Waals surface area contributed by atoms with Crippen molar-refractivity contribution in [3.8, 4) is 0 Å². The molecule has 2 N–H and O–H groups in total. The number of fused-ring (bicyclic) bond motifs is 2.